The number of rotatable bonds is 8. The van der Waals surface area contributed by atoms with Gasteiger partial charge in [0.2, 0.25) is 5.88 Å². The molecule has 1 unspecified atom stereocenters. The Labute approximate surface area is 211 Å². The zero-order chi connectivity index (χ0) is 25.5. The minimum Gasteiger partial charge on any atom is -0.493 e. The maximum absolute atomic E-state index is 12.4. The Hall–Kier alpha value is -4.50. The molecule has 6 heteroatoms. The Morgan fingerprint density at radius 3 is 2.64 bits per heavy atom. The molecule has 0 saturated heterocycles. The van der Waals surface area contributed by atoms with Gasteiger partial charge in [-0.3, -0.25) is 0 Å². The number of nitriles is 1. The Balaban J connectivity index is 1.60. The first kappa shape index (κ1) is 24.6. The fourth-order valence-corrected chi connectivity index (χ4v) is 3.99. The van der Waals surface area contributed by atoms with Crippen LogP contribution in [0, 0.1) is 18.3 Å². The molecule has 1 aliphatic heterocycles. The lowest BCUT2D eigenvalue weighted by Gasteiger charge is -2.28. The molecule has 0 aliphatic carbocycles. The first-order valence-corrected chi connectivity index (χ1v) is 11.9. The number of hydrogen-bond acceptors (Lipinski definition) is 6. The van der Waals surface area contributed by atoms with Gasteiger partial charge >= 0.3 is 5.97 Å². The van der Waals surface area contributed by atoms with Gasteiger partial charge in [-0.1, -0.05) is 67.4 Å². The molecule has 0 saturated carbocycles. The normalized spacial score (nSPS) is 14.6. The molecule has 0 fully saturated rings. The highest BCUT2D eigenvalue weighted by Gasteiger charge is 2.32. The van der Waals surface area contributed by atoms with Crippen molar-refractivity contribution in [3.63, 3.8) is 0 Å². The first-order chi connectivity index (χ1) is 17.5. The molecule has 182 valence electrons. The number of benzene rings is 3. The Morgan fingerprint density at radius 1 is 1.11 bits per heavy atom. The van der Waals surface area contributed by atoms with E-state index in [-0.39, 0.29) is 5.88 Å². The third-order valence-electron chi connectivity index (χ3n) is 5.88. The van der Waals surface area contributed by atoms with Crippen LogP contribution in [0.5, 0.6) is 17.2 Å². The van der Waals surface area contributed by atoms with Gasteiger partial charge in [0, 0.05) is 23.3 Å². The largest absolute Gasteiger partial charge is 0.493 e. The van der Waals surface area contributed by atoms with Gasteiger partial charge in [0.1, 0.15) is 28.9 Å². The summed E-state index contributed by atoms with van der Waals surface area (Å²) in [5, 5.41) is 9.88. The van der Waals surface area contributed by atoms with Crippen molar-refractivity contribution in [3.05, 3.63) is 107 Å². The summed E-state index contributed by atoms with van der Waals surface area (Å²) < 4.78 is 17.3. The maximum atomic E-state index is 12.4. The summed E-state index contributed by atoms with van der Waals surface area (Å²) in [5.41, 5.74) is 10.1. The van der Waals surface area contributed by atoms with Gasteiger partial charge in [0.05, 0.1) is 12.5 Å². The summed E-state index contributed by atoms with van der Waals surface area (Å²) in [6, 6.07) is 22.7. The third kappa shape index (κ3) is 5.59. The molecule has 0 spiro atoms. The van der Waals surface area contributed by atoms with E-state index < -0.39 is 11.9 Å². The second-order valence-electron chi connectivity index (χ2n) is 8.53. The number of esters is 1. The van der Waals surface area contributed by atoms with E-state index >= 15 is 0 Å². The van der Waals surface area contributed by atoms with Gasteiger partial charge in [-0.25, -0.2) is 4.79 Å². The highest BCUT2D eigenvalue weighted by atomic mass is 16.5. The number of nitrogens with zero attached hydrogens (tertiary/aromatic N) is 1. The summed E-state index contributed by atoms with van der Waals surface area (Å²) in [7, 11) is 0. The van der Waals surface area contributed by atoms with Crippen LogP contribution in [-0.2, 0) is 4.79 Å². The van der Waals surface area contributed by atoms with E-state index in [2.05, 4.69) is 13.0 Å². The molecule has 2 N–H and O–H groups in total. The molecule has 1 atom stereocenters. The van der Waals surface area contributed by atoms with Crippen molar-refractivity contribution in [2.75, 3.05) is 6.61 Å². The molecule has 0 radical (unpaired) electrons. The SMILES string of the molecule is CCCCOc1ccccc1C1C(C#N)=C(N)Oc2cc(OC(=O)/C=C/c3ccc(C)cc3)ccc21. The standard InChI is InChI=1S/C30H28N2O4/c1-3-4-17-34-26-8-6-5-7-23(26)29-24-15-14-22(18-27(24)36-30(32)25(29)19-31)35-28(33)16-13-21-11-9-20(2)10-12-21/h5-16,18,29H,3-4,17,32H2,1-2H3/b16-13+. The maximum Gasteiger partial charge on any atom is 0.336 e. The zero-order valence-electron chi connectivity index (χ0n) is 20.4. The van der Waals surface area contributed by atoms with Gasteiger partial charge in [0.15, 0.2) is 0 Å². The first-order valence-electron chi connectivity index (χ1n) is 11.9. The lowest BCUT2D eigenvalue weighted by atomic mass is 9.83. The van der Waals surface area contributed by atoms with E-state index in [4.69, 9.17) is 19.9 Å². The number of aryl methyl sites for hydroxylation is 1. The molecule has 1 aliphatic rings. The zero-order valence-corrected chi connectivity index (χ0v) is 20.4. The summed E-state index contributed by atoms with van der Waals surface area (Å²) in [4.78, 5) is 12.4. The van der Waals surface area contributed by atoms with Crippen molar-refractivity contribution in [2.45, 2.75) is 32.6 Å². The molecule has 1 heterocycles. The Kier molecular flexibility index (Phi) is 7.72. The van der Waals surface area contributed by atoms with E-state index in [1.807, 2.05) is 55.5 Å². The van der Waals surface area contributed by atoms with Crippen molar-refractivity contribution in [1.29, 1.82) is 5.26 Å². The molecule has 6 nitrogen and oxygen atoms in total. The van der Waals surface area contributed by atoms with Crippen LogP contribution in [-0.4, -0.2) is 12.6 Å². The Morgan fingerprint density at radius 2 is 1.89 bits per heavy atom. The third-order valence-corrected chi connectivity index (χ3v) is 5.88. The summed E-state index contributed by atoms with van der Waals surface area (Å²) in [5.74, 6) is 0.461. The van der Waals surface area contributed by atoms with Gasteiger partial charge in [0.25, 0.3) is 0 Å². The number of nitrogens with two attached hydrogens (primary N) is 1. The molecule has 3 aromatic carbocycles. The molecule has 0 aromatic heterocycles. The van der Waals surface area contributed by atoms with E-state index in [0.717, 1.165) is 35.1 Å². The van der Waals surface area contributed by atoms with E-state index in [1.54, 1.807) is 24.3 Å². The Bertz CT molecular complexity index is 1350. The predicted octanol–water partition coefficient (Wildman–Crippen LogP) is 6.01. The number of fused-ring (bicyclic) bond motifs is 1. The highest BCUT2D eigenvalue weighted by molar-refractivity contribution is 5.88. The molecule has 4 rings (SSSR count). The number of carbonyl (C=O) groups is 1. The molecule has 3 aromatic rings. The summed E-state index contributed by atoms with van der Waals surface area (Å²) in [6.45, 7) is 4.68. The summed E-state index contributed by atoms with van der Waals surface area (Å²) in [6.07, 6.45) is 5.01. The van der Waals surface area contributed by atoms with Crippen LogP contribution in [0.1, 0.15) is 47.9 Å². The molecule has 0 bridgehead atoms. The average Bonchev–Trinajstić information content (AvgIpc) is 2.88. The predicted molar refractivity (Wildman–Crippen MR) is 138 cm³/mol. The quantitative estimate of drug-likeness (QED) is 0.184. The average molecular weight is 481 g/mol. The minimum atomic E-state index is -0.515. The van der Waals surface area contributed by atoms with Crippen LogP contribution in [0.25, 0.3) is 6.08 Å². The monoisotopic (exact) mass is 480 g/mol. The second kappa shape index (κ2) is 11.3. The van der Waals surface area contributed by atoms with Crippen LogP contribution < -0.4 is 19.9 Å². The lowest BCUT2D eigenvalue weighted by molar-refractivity contribution is -0.128. The van der Waals surface area contributed by atoms with Crippen molar-refractivity contribution < 1.29 is 19.0 Å². The van der Waals surface area contributed by atoms with Crippen LogP contribution in [0.4, 0.5) is 0 Å². The topological polar surface area (TPSA) is 94.6 Å². The van der Waals surface area contributed by atoms with Crippen molar-refractivity contribution >= 4 is 12.0 Å². The molecular formula is C30H28N2O4. The van der Waals surface area contributed by atoms with E-state index in [0.29, 0.717) is 29.4 Å². The van der Waals surface area contributed by atoms with Crippen molar-refractivity contribution in [2.24, 2.45) is 5.73 Å². The molecule has 36 heavy (non-hydrogen) atoms. The second-order valence-corrected chi connectivity index (χ2v) is 8.53. The van der Waals surface area contributed by atoms with Crippen molar-refractivity contribution in [1.82, 2.24) is 0 Å². The fraction of sp³-hybridized carbons (Fsp3) is 0.200. The smallest absolute Gasteiger partial charge is 0.336 e. The lowest BCUT2D eigenvalue weighted by Crippen LogP contribution is -2.21. The fourth-order valence-electron chi connectivity index (χ4n) is 3.99. The van der Waals surface area contributed by atoms with Gasteiger partial charge in [-0.2, -0.15) is 5.26 Å². The van der Waals surface area contributed by atoms with E-state index in [9.17, 15) is 10.1 Å². The van der Waals surface area contributed by atoms with Crippen LogP contribution in [0.2, 0.25) is 0 Å². The number of allylic oxidation sites excluding steroid dienone is 1. The number of para-hydroxylation sites is 1. The van der Waals surface area contributed by atoms with Gasteiger partial charge < -0.3 is 19.9 Å². The highest BCUT2D eigenvalue weighted by Crippen LogP contribution is 2.45. The van der Waals surface area contributed by atoms with Crippen molar-refractivity contribution in [3.8, 4) is 23.3 Å². The van der Waals surface area contributed by atoms with Crippen LogP contribution >= 0.6 is 0 Å². The summed E-state index contributed by atoms with van der Waals surface area (Å²) >= 11 is 0. The molecule has 0 amide bonds. The van der Waals surface area contributed by atoms with Crippen LogP contribution in [0.3, 0.4) is 0 Å². The number of hydrogen-bond donors (Lipinski definition) is 1. The minimum absolute atomic E-state index is 0.0149. The van der Waals surface area contributed by atoms with Crippen LogP contribution in [0.15, 0.2) is 84.3 Å². The van der Waals surface area contributed by atoms with Gasteiger partial charge in [-0.15, -0.1) is 0 Å². The number of ether oxygens (including phenoxy) is 3. The number of carbonyl (C=O) groups excluding carboxylic acids is 1. The molecular weight excluding hydrogens is 452 g/mol. The van der Waals surface area contributed by atoms with E-state index in [1.165, 1.54) is 6.08 Å². The van der Waals surface area contributed by atoms with Gasteiger partial charge in [-0.05, 0) is 37.1 Å². The number of unbranched alkanes of at least 4 members (excludes halogenated alkanes) is 1.